The molecule has 5 rings (SSSR count). The molecule has 1 atom stereocenters. The number of hydrogen-bond donors (Lipinski definition) is 3. The number of halogens is 1. The summed E-state index contributed by atoms with van der Waals surface area (Å²) in [4.78, 5) is 58.0. The van der Waals surface area contributed by atoms with Crippen LogP contribution in [0.25, 0.3) is 0 Å². The van der Waals surface area contributed by atoms with Gasteiger partial charge in [-0.3, -0.25) is 19.2 Å². The van der Waals surface area contributed by atoms with E-state index in [9.17, 15) is 19.2 Å². The third-order valence-corrected chi connectivity index (χ3v) is 7.93. The SMILES string of the molecule is CCc1nccn1CCC(=O)N1CCCNC(=O)c2ccc(OC)c(c2)Oc2ccc(cc2F)CNC(=O)[C@H](CC)NC(=O)CCC1. The molecule has 3 aromatic rings. The van der Waals surface area contributed by atoms with E-state index in [1.807, 2.05) is 17.7 Å². The van der Waals surface area contributed by atoms with E-state index < -0.39 is 11.9 Å². The molecule has 0 saturated heterocycles. The largest absolute Gasteiger partial charge is 0.493 e. The minimum absolute atomic E-state index is 0.0390. The van der Waals surface area contributed by atoms with Crippen LogP contribution in [0.2, 0.25) is 0 Å². The Morgan fingerprint density at radius 1 is 1.06 bits per heavy atom. The molecule has 12 nitrogen and oxygen atoms in total. The number of nitrogens with zero attached hydrogens (tertiary/aromatic N) is 3. The minimum Gasteiger partial charge on any atom is -0.493 e. The monoisotopic (exact) mass is 650 g/mol. The summed E-state index contributed by atoms with van der Waals surface area (Å²) in [6, 6.07) is 8.15. The number of nitrogens with one attached hydrogen (secondary N) is 3. The first-order chi connectivity index (χ1) is 22.7. The predicted octanol–water partition coefficient (Wildman–Crippen LogP) is 3.73. The number of fused-ring (bicyclic) bond motifs is 16. The van der Waals surface area contributed by atoms with E-state index in [-0.39, 0.29) is 66.6 Å². The number of hydrogen-bond acceptors (Lipinski definition) is 7. The van der Waals surface area contributed by atoms with Gasteiger partial charge < -0.3 is 34.9 Å². The summed E-state index contributed by atoms with van der Waals surface area (Å²) in [5, 5.41) is 8.39. The van der Waals surface area contributed by atoms with E-state index >= 15 is 4.39 Å². The summed E-state index contributed by atoms with van der Waals surface area (Å²) in [5.74, 6) is -0.516. The number of ether oxygens (including phenoxy) is 2. The van der Waals surface area contributed by atoms with Gasteiger partial charge >= 0.3 is 0 Å². The number of methoxy groups -OCH3 is 1. The van der Waals surface area contributed by atoms with Crippen molar-refractivity contribution in [2.24, 2.45) is 0 Å². The summed E-state index contributed by atoms with van der Waals surface area (Å²) in [6.45, 7) is 5.32. The van der Waals surface area contributed by atoms with Gasteiger partial charge in [-0.2, -0.15) is 0 Å². The molecule has 1 aromatic heterocycles. The van der Waals surface area contributed by atoms with Crippen molar-refractivity contribution in [2.75, 3.05) is 26.7 Å². The van der Waals surface area contributed by atoms with E-state index in [4.69, 9.17) is 9.47 Å². The van der Waals surface area contributed by atoms with Gasteiger partial charge in [-0.25, -0.2) is 9.37 Å². The Hall–Kier alpha value is -4.94. The molecular weight excluding hydrogens is 607 g/mol. The van der Waals surface area contributed by atoms with Gasteiger partial charge in [-0.15, -0.1) is 0 Å². The van der Waals surface area contributed by atoms with Gasteiger partial charge in [0.1, 0.15) is 11.9 Å². The molecule has 2 aliphatic heterocycles. The van der Waals surface area contributed by atoms with Crippen molar-refractivity contribution >= 4 is 23.6 Å². The van der Waals surface area contributed by atoms with Crippen molar-refractivity contribution in [1.29, 1.82) is 0 Å². The lowest BCUT2D eigenvalue weighted by Gasteiger charge is -2.23. The number of rotatable bonds is 6. The second-order valence-corrected chi connectivity index (χ2v) is 11.2. The molecule has 0 aliphatic carbocycles. The fourth-order valence-corrected chi connectivity index (χ4v) is 5.28. The Morgan fingerprint density at radius 3 is 2.62 bits per heavy atom. The van der Waals surface area contributed by atoms with Crippen molar-refractivity contribution in [1.82, 2.24) is 30.4 Å². The molecule has 0 fully saturated rings. The summed E-state index contributed by atoms with van der Waals surface area (Å²) in [7, 11) is 1.44. The number of amides is 4. The van der Waals surface area contributed by atoms with Gasteiger partial charge in [0, 0.05) is 69.9 Å². The fourth-order valence-electron chi connectivity index (χ4n) is 5.28. The van der Waals surface area contributed by atoms with E-state index in [1.54, 1.807) is 36.2 Å². The number of aryl methyl sites for hydroxylation is 2. The van der Waals surface area contributed by atoms with Crippen molar-refractivity contribution in [3.05, 3.63) is 71.6 Å². The molecule has 2 aromatic carbocycles. The summed E-state index contributed by atoms with van der Waals surface area (Å²) < 4.78 is 28.2. The lowest BCUT2D eigenvalue weighted by molar-refractivity contribution is -0.132. The third kappa shape index (κ3) is 9.77. The Balaban J connectivity index is 1.51. The molecular formula is C34H43FN6O6. The predicted molar refractivity (Wildman–Crippen MR) is 173 cm³/mol. The average Bonchev–Trinajstić information content (AvgIpc) is 3.54. The van der Waals surface area contributed by atoms with Gasteiger partial charge in [-0.05, 0) is 55.2 Å². The summed E-state index contributed by atoms with van der Waals surface area (Å²) in [5.41, 5.74) is 0.780. The lowest BCUT2D eigenvalue weighted by atomic mass is 10.1. The average molecular weight is 651 g/mol. The number of carbonyl (C=O) groups excluding carboxylic acids is 4. The van der Waals surface area contributed by atoms with Gasteiger partial charge in [0.05, 0.1) is 7.11 Å². The van der Waals surface area contributed by atoms with Crippen LogP contribution in [0, 0.1) is 5.82 Å². The first-order valence-corrected chi connectivity index (χ1v) is 16.0. The summed E-state index contributed by atoms with van der Waals surface area (Å²) >= 11 is 0. The highest BCUT2D eigenvalue weighted by Crippen LogP contribution is 2.34. The maximum Gasteiger partial charge on any atom is 0.251 e. The van der Waals surface area contributed by atoms with Crippen LogP contribution in [0.4, 0.5) is 4.39 Å². The van der Waals surface area contributed by atoms with Crippen LogP contribution in [0.1, 0.15) is 67.7 Å². The standard InChI is InChI=1S/C34H43FN6O6/c1-4-26-34(45)38-22-23-9-11-27(25(35)20-23)47-29-21-24(10-12-28(29)46-3)33(44)37-14-7-17-41(16-6-8-31(42)39-26)32(43)13-18-40-19-15-36-30(40)5-2/h9-12,15,19-21,26H,4-8,13-14,16-18,22H2,1-3H3,(H,37,44)(H,38,45)(H,39,42)/t26-/m0/s1. The Kier molecular flexibility index (Phi) is 12.7. The highest BCUT2D eigenvalue weighted by Gasteiger charge is 2.21. The normalized spacial score (nSPS) is 16.9. The molecule has 3 heterocycles. The molecule has 3 N–H and O–H groups in total. The maximum atomic E-state index is 15.0. The van der Waals surface area contributed by atoms with Gasteiger partial charge in [0.2, 0.25) is 17.7 Å². The van der Waals surface area contributed by atoms with Crippen molar-refractivity contribution in [2.45, 2.75) is 71.5 Å². The van der Waals surface area contributed by atoms with E-state index in [2.05, 4.69) is 20.9 Å². The number of imidazole rings is 1. The van der Waals surface area contributed by atoms with Gasteiger partial charge in [0.25, 0.3) is 5.91 Å². The van der Waals surface area contributed by atoms with Crippen LogP contribution in [0.3, 0.4) is 0 Å². The van der Waals surface area contributed by atoms with Crippen LogP contribution >= 0.6 is 0 Å². The first-order valence-electron chi connectivity index (χ1n) is 16.0. The number of aromatic nitrogens is 2. The Morgan fingerprint density at radius 2 is 1.87 bits per heavy atom. The zero-order valence-electron chi connectivity index (χ0n) is 27.1. The van der Waals surface area contributed by atoms with Crippen LogP contribution in [0.15, 0.2) is 48.8 Å². The molecule has 13 heteroatoms. The molecule has 4 bridgehead atoms. The van der Waals surface area contributed by atoms with E-state index in [1.165, 1.54) is 25.3 Å². The molecule has 0 saturated carbocycles. The molecule has 0 spiro atoms. The first kappa shape index (κ1) is 34.9. The molecule has 252 valence electrons. The van der Waals surface area contributed by atoms with Gasteiger partial charge in [0.15, 0.2) is 23.1 Å². The second kappa shape index (κ2) is 17.1. The zero-order valence-corrected chi connectivity index (χ0v) is 27.1. The van der Waals surface area contributed by atoms with Crippen molar-refractivity contribution in [3.63, 3.8) is 0 Å². The molecule has 0 unspecified atom stereocenters. The van der Waals surface area contributed by atoms with Crippen LogP contribution < -0.4 is 25.4 Å². The topological polar surface area (TPSA) is 144 Å². The van der Waals surface area contributed by atoms with Gasteiger partial charge in [-0.1, -0.05) is 19.9 Å². The summed E-state index contributed by atoms with van der Waals surface area (Å²) in [6.07, 6.45) is 5.94. The highest BCUT2D eigenvalue weighted by molar-refractivity contribution is 5.95. The van der Waals surface area contributed by atoms with E-state index in [0.29, 0.717) is 50.2 Å². The molecule has 47 heavy (non-hydrogen) atoms. The number of carbonyl (C=O) groups is 4. The molecule has 4 amide bonds. The van der Waals surface area contributed by atoms with Crippen molar-refractivity contribution in [3.8, 4) is 17.2 Å². The van der Waals surface area contributed by atoms with Crippen LogP contribution in [0.5, 0.6) is 17.2 Å². The lowest BCUT2D eigenvalue weighted by Crippen LogP contribution is -2.46. The third-order valence-electron chi connectivity index (χ3n) is 7.93. The zero-order chi connectivity index (χ0) is 33.8. The minimum atomic E-state index is -0.763. The van der Waals surface area contributed by atoms with Crippen LogP contribution in [-0.4, -0.2) is 70.9 Å². The smallest absolute Gasteiger partial charge is 0.251 e. The second-order valence-electron chi connectivity index (χ2n) is 11.2. The van der Waals surface area contributed by atoms with Crippen LogP contribution in [-0.2, 0) is 33.9 Å². The highest BCUT2D eigenvalue weighted by atomic mass is 19.1. The number of benzene rings is 2. The fraction of sp³-hybridized carbons (Fsp3) is 0.441. The Bertz CT molecular complexity index is 1560. The maximum absolute atomic E-state index is 15.0. The van der Waals surface area contributed by atoms with E-state index in [0.717, 1.165) is 12.2 Å². The Labute approximate surface area is 274 Å². The molecule has 0 radical (unpaired) electrons. The quantitative estimate of drug-likeness (QED) is 0.369. The molecule has 2 aliphatic rings. The van der Waals surface area contributed by atoms with Crippen molar-refractivity contribution < 1.29 is 33.0 Å².